The number of fused-ring (bicyclic) bond motifs is 1. The third-order valence-corrected chi connectivity index (χ3v) is 2.56. The van der Waals surface area contributed by atoms with Crippen LogP contribution in [0.25, 0.3) is 0 Å². The van der Waals surface area contributed by atoms with Gasteiger partial charge >= 0.3 is 0 Å². The van der Waals surface area contributed by atoms with Crippen molar-refractivity contribution in [2.75, 3.05) is 10.6 Å². The summed E-state index contributed by atoms with van der Waals surface area (Å²) in [5.74, 6) is 0.527. The van der Waals surface area contributed by atoms with E-state index in [0.717, 1.165) is 0 Å². The third kappa shape index (κ3) is 2.09. The lowest BCUT2D eigenvalue weighted by atomic mass is 10.0. The highest BCUT2D eigenvalue weighted by Crippen LogP contribution is 2.31. The van der Waals surface area contributed by atoms with E-state index in [1.54, 1.807) is 6.92 Å². The maximum absolute atomic E-state index is 11.7. The summed E-state index contributed by atoms with van der Waals surface area (Å²) in [5.41, 5.74) is 0.924. The van der Waals surface area contributed by atoms with Crippen molar-refractivity contribution in [1.82, 2.24) is 9.97 Å². The molecule has 1 aromatic rings. The van der Waals surface area contributed by atoms with E-state index < -0.39 is 0 Å². The summed E-state index contributed by atoms with van der Waals surface area (Å²) in [6.07, 6.45) is 0.375. The van der Waals surface area contributed by atoms with Crippen LogP contribution in [0.5, 0.6) is 0 Å². The van der Waals surface area contributed by atoms with Crippen molar-refractivity contribution in [2.45, 2.75) is 32.7 Å². The molecule has 5 nitrogen and oxygen atoms in total. The lowest BCUT2D eigenvalue weighted by Crippen LogP contribution is -2.33. The molecule has 0 spiro atoms. The molecule has 0 saturated heterocycles. The normalized spacial score (nSPS) is 18.1. The Hall–Kier alpha value is -1.36. The van der Waals surface area contributed by atoms with Gasteiger partial charge in [-0.2, -0.15) is 4.98 Å². The number of nitrogens with one attached hydrogen (secondary N) is 2. The standard InChI is InChI=1S/C10H13ClN4O/c1-5-7-8(14-9(11)12-5)15-10(2,3)4-6(16)13-7/h4H2,1-3H3,(H,13,16)(H,12,14,15). The van der Waals surface area contributed by atoms with E-state index in [0.29, 0.717) is 23.6 Å². The van der Waals surface area contributed by atoms with Crippen LogP contribution in [-0.4, -0.2) is 21.4 Å². The summed E-state index contributed by atoms with van der Waals surface area (Å²) >= 11 is 5.79. The zero-order valence-electron chi connectivity index (χ0n) is 9.39. The summed E-state index contributed by atoms with van der Waals surface area (Å²) in [4.78, 5) is 19.8. The van der Waals surface area contributed by atoms with Crippen molar-refractivity contribution in [3.8, 4) is 0 Å². The van der Waals surface area contributed by atoms with Crippen molar-refractivity contribution in [3.05, 3.63) is 11.0 Å². The van der Waals surface area contributed by atoms with Crippen LogP contribution in [0.4, 0.5) is 11.5 Å². The predicted molar refractivity (Wildman–Crippen MR) is 62.7 cm³/mol. The summed E-state index contributed by atoms with van der Waals surface area (Å²) in [6.45, 7) is 5.66. The first kappa shape index (κ1) is 11.1. The van der Waals surface area contributed by atoms with Crippen molar-refractivity contribution in [3.63, 3.8) is 0 Å². The summed E-state index contributed by atoms with van der Waals surface area (Å²) in [7, 11) is 0. The van der Waals surface area contributed by atoms with Crippen molar-refractivity contribution in [2.24, 2.45) is 0 Å². The van der Waals surface area contributed by atoms with E-state index in [-0.39, 0.29) is 16.7 Å². The number of halogens is 1. The number of rotatable bonds is 0. The van der Waals surface area contributed by atoms with E-state index in [1.807, 2.05) is 13.8 Å². The highest BCUT2D eigenvalue weighted by Gasteiger charge is 2.29. The summed E-state index contributed by atoms with van der Waals surface area (Å²) in [5, 5.41) is 6.16. The van der Waals surface area contributed by atoms with Gasteiger partial charge < -0.3 is 10.6 Å². The topological polar surface area (TPSA) is 66.9 Å². The molecule has 2 heterocycles. The lowest BCUT2D eigenvalue weighted by Gasteiger charge is -2.23. The van der Waals surface area contributed by atoms with E-state index in [1.165, 1.54) is 0 Å². The van der Waals surface area contributed by atoms with E-state index >= 15 is 0 Å². The first-order chi connectivity index (χ1) is 7.37. The minimum atomic E-state index is -0.348. The van der Waals surface area contributed by atoms with Crippen LogP contribution in [-0.2, 0) is 4.79 Å². The first-order valence-corrected chi connectivity index (χ1v) is 5.37. The average Bonchev–Trinajstić information content (AvgIpc) is 2.19. The first-order valence-electron chi connectivity index (χ1n) is 4.99. The number of carbonyl (C=O) groups excluding carboxylic acids is 1. The molecule has 0 saturated carbocycles. The molecule has 6 heteroatoms. The maximum atomic E-state index is 11.7. The van der Waals surface area contributed by atoms with Crippen molar-refractivity contribution < 1.29 is 4.79 Å². The van der Waals surface area contributed by atoms with Gasteiger partial charge in [0.15, 0.2) is 5.82 Å². The Kier molecular flexibility index (Phi) is 2.50. The van der Waals surface area contributed by atoms with Gasteiger partial charge in [-0.25, -0.2) is 4.98 Å². The quantitative estimate of drug-likeness (QED) is 0.681. The molecular formula is C10H13ClN4O. The number of aryl methyl sites for hydroxylation is 1. The van der Waals surface area contributed by atoms with Crippen LogP contribution in [0.2, 0.25) is 5.28 Å². The van der Waals surface area contributed by atoms with Crippen LogP contribution in [0.3, 0.4) is 0 Å². The maximum Gasteiger partial charge on any atom is 0.226 e. The number of amides is 1. The highest BCUT2D eigenvalue weighted by atomic mass is 35.5. The Morgan fingerprint density at radius 1 is 1.38 bits per heavy atom. The molecule has 0 fully saturated rings. The molecule has 0 aliphatic carbocycles. The Balaban J connectivity index is 2.54. The monoisotopic (exact) mass is 240 g/mol. The number of anilines is 2. The molecule has 2 rings (SSSR count). The minimum Gasteiger partial charge on any atom is -0.363 e. The fourth-order valence-electron chi connectivity index (χ4n) is 1.73. The number of hydrogen-bond acceptors (Lipinski definition) is 4. The van der Waals surface area contributed by atoms with Crippen molar-refractivity contribution >= 4 is 29.0 Å². The number of hydrogen-bond donors (Lipinski definition) is 2. The summed E-state index contributed by atoms with van der Waals surface area (Å²) in [6, 6.07) is 0. The van der Waals surface area contributed by atoms with Gasteiger partial charge in [-0.3, -0.25) is 4.79 Å². The van der Waals surface area contributed by atoms with Crippen molar-refractivity contribution in [1.29, 1.82) is 0 Å². The van der Waals surface area contributed by atoms with Crippen LogP contribution >= 0.6 is 11.6 Å². The van der Waals surface area contributed by atoms with Gasteiger partial charge in [0.1, 0.15) is 5.69 Å². The van der Waals surface area contributed by atoms with Gasteiger partial charge in [-0.05, 0) is 32.4 Å². The highest BCUT2D eigenvalue weighted by molar-refractivity contribution is 6.28. The molecule has 2 N–H and O–H groups in total. The van der Waals surface area contributed by atoms with E-state index in [4.69, 9.17) is 11.6 Å². The Morgan fingerprint density at radius 2 is 2.06 bits per heavy atom. The molecule has 16 heavy (non-hydrogen) atoms. The second-order valence-corrected chi connectivity index (χ2v) is 4.87. The molecule has 1 aromatic heterocycles. The number of aromatic nitrogens is 2. The SMILES string of the molecule is Cc1nc(Cl)nc2c1NC(=O)CC(C)(C)N2. The Bertz CT molecular complexity index is 458. The minimum absolute atomic E-state index is 0.0507. The molecule has 1 aliphatic heterocycles. The van der Waals surface area contributed by atoms with Gasteiger partial charge in [0.25, 0.3) is 0 Å². The molecule has 0 aromatic carbocycles. The molecule has 1 aliphatic rings. The molecule has 86 valence electrons. The van der Waals surface area contributed by atoms with Gasteiger partial charge in [-0.1, -0.05) is 0 Å². The zero-order chi connectivity index (χ0) is 11.9. The van der Waals surface area contributed by atoms with Gasteiger partial charge in [0.05, 0.1) is 5.69 Å². The van der Waals surface area contributed by atoms with Crippen LogP contribution in [0.1, 0.15) is 26.0 Å². The molecular weight excluding hydrogens is 228 g/mol. The summed E-state index contributed by atoms with van der Waals surface area (Å²) < 4.78 is 0. The zero-order valence-corrected chi connectivity index (χ0v) is 10.1. The third-order valence-electron chi connectivity index (χ3n) is 2.39. The van der Waals surface area contributed by atoms with Crippen LogP contribution < -0.4 is 10.6 Å². The molecule has 0 unspecified atom stereocenters. The van der Waals surface area contributed by atoms with Gasteiger partial charge in [0.2, 0.25) is 11.2 Å². The lowest BCUT2D eigenvalue weighted by molar-refractivity contribution is -0.116. The smallest absolute Gasteiger partial charge is 0.226 e. The van der Waals surface area contributed by atoms with Gasteiger partial charge in [-0.15, -0.1) is 0 Å². The van der Waals surface area contributed by atoms with E-state index in [9.17, 15) is 4.79 Å². The Morgan fingerprint density at radius 3 is 2.75 bits per heavy atom. The fourth-order valence-corrected chi connectivity index (χ4v) is 1.94. The Labute approximate surface area is 98.6 Å². The molecule has 1 amide bonds. The number of carbonyl (C=O) groups is 1. The molecule has 0 bridgehead atoms. The fraction of sp³-hybridized carbons (Fsp3) is 0.500. The van der Waals surface area contributed by atoms with Crippen LogP contribution in [0.15, 0.2) is 0 Å². The number of nitrogens with zero attached hydrogens (tertiary/aromatic N) is 2. The molecule has 0 radical (unpaired) electrons. The molecule has 0 atom stereocenters. The second-order valence-electron chi connectivity index (χ2n) is 4.54. The largest absolute Gasteiger partial charge is 0.363 e. The predicted octanol–water partition coefficient (Wildman–Crippen LogP) is 1.97. The second kappa shape index (κ2) is 3.59. The van der Waals surface area contributed by atoms with E-state index in [2.05, 4.69) is 20.6 Å². The van der Waals surface area contributed by atoms with Crippen LogP contribution in [0, 0.1) is 6.92 Å². The van der Waals surface area contributed by atoms with Gasteiger partial charge in [0, 0.05) is 12.0 Å². The average molecular weight is 241 g/mol.